The minimum absolute atomic E-state index is 0.784. The molecule has 0 rings (SSSR count). The van der Waals surface area contributed by atoms with Crippen LogP contribution >= 0.6 is 11.6 Å². The fourth-order valence-corrected chi connectivity index (χ4v) is 1.24. The maximum absolute atomic E-state index is 5.96. The van der Waals surface area contributed by atoms with Gasteiger partial charge in [-0.1, -0.05) is 56.5 Å². The summed E-state index contributed by atoms with van der Waals surface area (Å²) in [5, 5.41) is 0.784. The van der Waals surface area contributed by atoms with Crippen molar-refractivity contribution in [1.29, 1.82) is 0 Å². The third-order valence-electron chi connectivity index (χ3n) is 1.65. The van der Waals surface area contributed by atoms with E-state index in [1.54, 1.807) is 0 Å². The highest BCUT2D eigenvalue weighted by Crippen LogP contribution is 2.11. The molecule has 0 heterocycles. The minimum Gasteiger partial charge on any atom is -0.0958 e. The minimum atomic E-state index is 0.784. The molecule has 0 aliphatic carbocycles. The van der Waals surface area contributed by atoms with Crippen LogP contribution < -0.4 is 0 Å². The van der Waals surface area contributed by atoms with E-state index in [1.807, 2.05) is 12.2 Å². The highest BCUT2D eigenvalue weighted by molar-refractivity contribution is 6.31. The van der Waals surface area contributed by atoms with E-state index in [9.17, 15) is 0 Å². The molecule has 74 valence electrons. The molecule has 0 aliphatic rings. The summed E-state index contributed by atoms with van der Waals surface area (Å²) in [6.45, 7) is 8.21. The van der Waals surface area contributed by atoms with Gasteiger partial charge in [0.25, 0.3) is 0 Å². The second-order valence-electron chi connectivity index (χ2n) is 3.13. The lowest BCUT2D eigenvalue weighted by Crippen LogP contribution is -1.75. The lowest BCUT2D eigenvalue weighted by atomic mass is 10.1. The van der Waals surface area contributed by atoms with Gasteiger partial charge in [-0.15, -0.1) is 0 Å². The van der Waals surface area contributed by atoms with Crippen LogP contribution in [0.5, 0.6) is 0 Å². The van der Waals surface area contributed by atoms with Gasteiger partial charge in [0.05, 0.1) is 0 Å². The van der Waals surface area contributed by atoms with Crippen LogP contribution in [-0.2, 0) is 0 Å². The zero-order chi connectivity index (χ0) is 10.1. The highest BCUT2D eigenvalue weighted by atomic mass is 35.5. The van der Waals surface area contributed by atoms with Crippen LogP contribution in [0.1, 0.15) is 39.5 Å². The fourth-order valence-electron chi connectivity index (χ4n) is 0.999. The fraction of sp³-hybridized carbons (Fsp3) is 0.500. The standard InChI is InChI=1S/C12H19Cl/c1-4-6-7-9-12(13)10-11(3)8-5-2/h7,9-10H,3-6,8H2,1-2H3/b9-7-,12-10+. The Bertz CT molecular complexity index is 199. The predicted octanol–water partition coefficient (Wildman–Crippen LogP) is 4.82. The molecule has 0 nitrogen and oxygen atoms in total. The van der Waals surface area contributed by atoms with Crippen molar-refractivity contribution >= 4 is 11.6 Å². The molecule has 0 bridgehead atoms. The summed E-state index contributed by atoms with van der Waals surface area (Å²) in [5.41, 5.74) is 1.11. The molecule has 0 fully saturated rings. The van der Waals surface area contributed by atoms with Gasteiger partial charge in [0.1, 0.15) is 0 Å². The molecule has 1 heteroatoms. The molecule has 0 aromatic heterocycles. The molecule has 0 aromatic rings. The molecule has 0 saturated carbocycles. The van der Waals surface area contributed by atoms with E-state index < -0.39 is 0 Å². The largest absolute Gasteiger partial charge is 0.0958 e. The Hall–Kier alpha value is -0.490. The molecule has 0 amide bonds. The van der Waals surface area contributed by atoms with E-state index in [1.165, 1.54) is 0 Å². The average Bonchev–Trinajstić information content (AvgIpc) is 2.05. The van der Waals surface area contributed by atoms with Crippen LogP contribution in [-0.4, -0.2) is 0 Å². The molecule has 0 aliphatic heterocycles. The molecule has 0 atom stereocenters. The van der Waals surface area contributed by atoms with Crippen molar-refractivity contribution in [2.45, 2.75) is 39.5 Å². The van der Waals surface area contributed by atoms with E-state index in [2.05, 4.69) is 26.5 Å². The van der Waals surface area contributed by atoms with Crippen molar-refractivity contribution in [1.82, 2.24) is 0 Å². The van der Waals surface area contributed by atoms with Crippen LogP contribution in [0.25, 0.3) is 0 Å². The van der Waals surface area contributed by atoms with E-state index in [0.717, 1.165) is 36.3 Å². The topological polar surface area (TPSA) is 0 Å². The molecule has 13 heavy (non-hydrogen) atoms. The third kappa shape index (κ3) is 7.86. The quantitative estimate of drug-likeness (QED) is 0.537. The monoisotopic (exact) mass is 198 g/mol. The molecule has 0 saturated heterocycles. The van der Waals surface area contributed by atoms with Gasteiger partial charge in [-0.2, -0.15) is 0 Å². The van der Waals surface area contributed by atoms with Gasteiger partial charge < -0.3 is 0 Å². The lowest BCUT2D eigenvalue weighted by molar-refractivity contribution is 0.929. The maximum atomic E-state index is 5.96. The van der Waals surface area contributed by atoms with Crippen molar-refractivity contribution in [3.63, 3.8) is 0 Å². The number of rotatable bonds is 6. The molecule has 0 unspecified atom stereocenters. The molecule has 0 spiro atoms. The Labute approximate surface area is 87.0 Å². The van der Waals surface area contributed by atoms with Gasteiger partial charge >= 0.3 is 0 Å². The normalized spacial score (nSPS) is 12.4. The Morgan fingerprint density at radius 2 is 2.00 bits per heavy atom. The van der Waals surface area contributed by atoms with Gasteiger partial charge in [0, 0.05) is 5.03 Å². The molecule has 0 N–H and O–H groups in total. The molecular formula is C12H19Cl. The van der Waals surface area contributed by atoms with Gasteiger partial charge in [-0.05, 0) is 25.0 Å². The zero-order valence-electron chi connectivity index (χ0n) is 8.65. The van der Waals surface area contributed by atoms with Gasteiger partial charge in [0.2, 0.25) is 0 Å². The van der Waals surface area contributed by atoms with Crippen molar-refractivity contribution in [3.05, 3.63) is 35.4 Å². The Balaban J connectivity index is 3.93. The number of hydrogen-bond donors (Lipinski definition) is 0. The van der Waals surface area contributed by atoms with Crippen LogP contribution in [0.2, 0.25) is 0 Å². The average molecular weight is 199 g/mol. The lowest BCUT2D eigenvalue weighted by Gasteiger charge is -1.95. The van der Waals surface area contributed by atoms with E-state index >= 15 is 0 Å². The first-order valence-electron chi connectivity index (χ1n) is 4.92. The summed E-state index contributed by atoms with van der Waals surface area (Å²) in [7, 11) is 0. The second-order valence-corrected chi connectivity index (χ2v) is 3.56. The van der Waals surface area contributed by atoms with Gasteiger partial charge in [-0.25, -0.2) is 0 Å². The number of unbranched alkanes of at least 4 members (excludes halogenated alkanes) is 1. The smallest absolute Gasteiger partial charge is 0.0405 e. The molecular weight excluding hydrogens is 180 g/mol. The zero-order valence-corrected chi connectivity index (χ0v) is 9.40. The van der Waals surface area contributed by atoms with Crippen LogP contribution in [0, 0.1) is 0 Å². The van der Waals surface area contributed by atoms with E-state index in [-0.39, 0.29) is 0 Å². The van der Waals surface area contributed by atoms with E-state index in [4.69, 9.17) is 11.6 Å². The molecule has 0 radical (unpaired) electrons. The van der Waals surface area contributed by atoms with Crippen molar-refractivity contribution < 1.29 is 0 Å². The Morgan fingerprint density at radius 1 is 1.31 bits per heavy atom. The SMILES string of the molecule is C=C(/C=C(Cl)\C=C/CCC)CCC. The number of hydrogen-bond acceptors (Lipinski definition) is 0. The van der Waals surface area contributed by atoms with Crippen molar-refractivity contribution in [2.75, 3.05) is 0 Å². The summed E-state index contributed by atoms with van der Waals surface area (Å²) in [6, 6.07) is 0. The highest BCUT2D eigenvalue weighted by Gasteiger charge is 1.89. The van der Waals surface area contributed by atoms with Crippen LogP contribution in [0.4, 0.5) is 0 Å². The van der Waals surface area contributed by atoms with Crippen LogP contribution in [0.15, 0.2) is 35.4 Å². The summed E-state index contributed by atoms with van der Waals surface area (Å²) in [4.78, 5) is 0. The number of allylic oxidation sites excluding steroid dienone is 5. The van der Waals surface area contributed by atoms with Crippen molar-refractivity contribution in [3.8, 4) is 0 Å². The van der Waals surface area contributed by atoms with Crippen LogP contribution in [0.3, 0.4) is 0 Å². The first kappa shape index (κ1) is 12.5. The first-order chi connectivity index (χ1) is 6.20. The van der Waals surface area contributed by atoms with Gasteiger partial charge in [0.15, 0.2) is 0 Å². The number of halogens is 1. The summed E-state index contributed by atoms with van der Waals surface area (Å²) in [5.74, 6) is 0. The maximum Gasteiger partial charge on any atom is 0.0405 e. The first-order valence-corrected chi connectivity index (χ1v) is 5.30. The summed E-state index contributed by atoms with van der Waals surface area (Å²) in [6.07, 6.45) is 10.4. The predicted molar refractivity (Wildman–Crippen MR) is 62.0 cm³/mol. The van der Waals surface area contributed by atoms with Gasteiger partial charge in [-0.3, -0.25) is 0 Å². The third-order valence-corrected chi connectivity index (χ3v) is 1.88. The second kappa shape index (κ2) is 8.12. The summed E-state index contributed by atoms with van der Waals surface area (Å²) >= 11 is 5.96. The summed E-state index contributed by atoms with van der Waals surface area (Å²) < 4.78 is 0. The Morgan fingerprint density at radius 3 is 2.54 bits per heavy atom. The van der Waals surface area contributed by atoms with E-state index in [0.29, 0.717) is 0 Å². The molecule has 0 aromatic carbocycles. The Kier molecular flexibility index (Phi) is 7.82. The van der Waals surface area contributed by atoms with Crippen molar-refractivity contribution in [2.24, 2.45) is 0 Å².